The molecule has 0 bridgehead atoms. The van der Waals surface area contributed by atoms with E-state index in [2.05, 4.69) is 25.7 Å². The van der Waals surface area contributed by atoms with Gasteiger partial charge in [-0.25, -0.2) is 0 Å². The van der Waals surface area contributed by atoms with Crippen LogP contribution in [0.1, 0.15) is 12.3 Å². The minimum absolute atomic E-state index is 0.133. The SMILES string of the molecule is Cn1cnnc1Sc1ccc(NC(=O)CCc2nc(-c3ccco3)no2)cc1. The van der Waals surface area contributed by atoms with Gasteiger partial charge in [-0.15, -0.1) is 10.2 Å². The van der Waals surface area contributed by atoms with Crippen LogP contribution >= 0.6 is 11.8 Å². The summed E-state index contributed by atoms with van der Waals surface area (Å²) in [4.78, 5) is 17.4. The summed E-state index contributed by atoms with van der Waals surface area (Å²) < 4.78 is 12.2. The lowest BCUT2D eigenvalue weighted by molar-refractivity contribution is -0.116. The van der Waals surface area contributed by atoms with E-state index < -0.39 is 0 Å². The topological polar surface area (TPSA) is 112 Å². The van der Waals surface area contributed by atoms with Crippen molar-refractivity contribution in [3.8, 4) is 11.6 Å². The predicted molar refractivity (Wildman–Crippen MR) is 101 cm³/mol. The van der Waals surface area contributed by atoms with Crippen molar-refractivity contribution in [1.29, 1.82) is 0 Å². The summed E-state index contributed by atoms with van der Waals surface area (Å²) in [6.45, 7) is 0. The van der Waals surface area contributed by atoms with Crippen LogP contribution in [0.2, 0.25) is 0 Å². The van der Waals surface area contributed by atoms with Gasteiger partial charge in [0, 0.05) is 30.5 Å². The van der Waals surface area contributed by atoms with Gasteiger partial charge in [0.25, 0.3) is 0 Å². The maximum atomic E-state index is 12.2. The number of hydrogen-bond acceptors (Lipinski definition) is 8. The number of anilines is 1. The number of aromatic nitrogens is 5. The van der Waals surface area contributed by atoms with E-state index in [9.17, 15) is 4.79 Å². The summed E-state index contributed by atoms with van der Waals surface area (Å²) in [7, 11) is 1.89. The second kappa shape index (κ2) is 8.09. The van der Waals surface area contributed by atoms with E-state index in [1.165, 1.54) is 18.0 Å². The average molecular weight is 396 g/mol. The van der Waals surface area contributed by atoms with Gasteiger partial charge in [-0.3, -0.25) is 4.79 Å². The number of nitrogens with zero attached hydrogens (tertiary/aromatic N) is 5. The van der Waals surface area contributed by atoms with E-state index in [1.807, 2.05) is 35.9 Å². The second-order valence-electron chi connectivity index (χ2n) is 5.89. The molecule has 0 saturated carbocycles. The van der Waals surface area contributed by atoms with Crippen molar-refractivity contribution in [3.05, 3.63) is 54.9 Å². The van der Waals surface area contributed by atoms with Crippen LogP contribution in [-0.2, 0) is 18.3 Å². The third-order valence-electron chi connectivity index (χ3n) is 3.79. The summed E-state index contributed by atoms with van der Waals surface area (Å²) in [5.74, 6) is 1.15. The first-order chi connectivity index (χ1) is 13.7. The summed E-state index contributed by atoms with van der Waals surface area (Å²) in [5.41, 5.74) is 0.717. The summed E-state index contributed by atoms with van der Waals surface area (Å²) >= 11 is 1.50. The molecule has 1 amide bonds. The van der Waals surface area contributed by atoms with Crippen LogP contribution in [0, 0.1) is 0 Å². The molecule has 10 heteroatoms. The Kier molecular flexibility index (Phi) is 5.20. The Morgan fingerprint density at radius 1 is 1.25 bits per heavy atom. The van der Waals surface area contributed by atoms with E-state index in [1.54, 1.807) is 18.5 Å². The van der Waals surface area contributed by atoms with Crippen molar-refractivity contribution in [2.24, 2.45) is 7.05 Å². The number of amides is 1. The highest BCUT2D eigenvalue weighted by atomic mass is 32.2. The predicted octanol–water partition coefficient (Wildman–Crippen LogP) is 3.18. The van der Waals surface area contributed by atoms with Crippen LogP contribution in [0.4, 0.5) is 5.69 Å². The number of nitrogens with one attached hydrogen (secondary N) is 1. The number of furan rings is 1. The van der Waals surface area contributed by atoms with E-state index in [-0.39, 0.29) is 12.3 Å². The molecule has 0 saturated heterocycles. The molecule has 3 heterocycles. The molecule has 0 aliphatic carbocycles. The third kappa shape index (κ3) is 4.29. The fourth-order valence-corrected chi connectivity index (χ4v) is 3.15. The maximum Gasteiger partial charge on any atom is 0.238 e. The highest BCUT2D eigenvalue weighted by molar-refractivity contribution is 7.99. The van der Waals surface area contributed by atoms with Crippen LogP contribution in [0.15, 0.2) is 68.0 Å². The van der Waals surface area contributed by atoms with Gasteiger partial charge >= 0.3 is 0 Å². The van der Waals surface area contributed by atoms with Gasteiger partial charge in [-0.1, -0.05) is 5.16 Å². The quantitative estimate of drug-likeness (QED) is 0.507. The Morgan fingerprint density at radius 3 is 2.82 bits per heavy atom. The molecule has 1 N–H and O–H groups in total. The van der Waals surface area contributed by atoms with Crippen molar-refractivity contribution in [2.75, 3.05) is 5.32 Å². The third-order valence-corrected chi connectivity index (χ3v) is 4.85. The number of carbonyl (C=O) groups is 1. The van der Waals surface area contributed by atoms with Crippen LogP contribution in [0.5, 0.6) is 0 Å². The first-order valence-corrected chi connectivity index (χ1v) is 9.27. The molecule has 0 radical (unpaired) electrons. The van der Waals surface area contributed by atoms with Gasteiger partial charge in [0.15, 0.2) is 10.9 Å². The normalized spacial score (nSPS) is 10.9. The summed E-state index contributed by atoms with van der Waals surface area (Å²) in [5, 5.41) is 15.4. The molecule has 142 valence electrons. The molecule has 0 spiro atoms. The van der Waals surface area contributed by atoms with E-state index in [0.29, 0.717) is 29.6 Å². The van der Waals surface area contributed by atoms with Gasteiger partial charge in [0.1, 0.15) is 6.33 Å². The summed E-state index contributed by atoms with van der Waals surface area (Å²) in [6.07, 6.45) is 3.77. The molecule has 0 atom stereocenters. The lowest BCUT2D eigenvalue weighted by Crippen LogP contribution is -2.12. The van der Waals surface area contributed by atoms with Crippen molar-refractivity contribution in [3.63, 3.8) is 0 Å². The average Bonchev–Trinajstić information content (AvgIpc) is 3.44. The molecule has 4 rings (SSSR count). The Bertz CT molecular complexity index is 1060. The number of rotatable bonds is 7. The zero-order valence-electron chi connectivity index (χ0n) is 14.9. The number of carbonyl (C=O) groups excluding carboxylic acids is 1. The van der Waals surface area contributed by atoms with E-state index in [0.717, 1.165) is 10.1 Å². The fraction of sp³-hybridized carbons (Fsp3) is 0.167. The maximum absolute atomic E-state index is 12.2. The van der Waals surface area contributed by atoms with Crippen LogP contribution in [0.25, 0.3) is 11.6 Å². The van der Waals surface area contributed by atoms with Gasteiger partial charge < -0.3 is 18.8 Å². The van der Waals surface area contributed by atoms with Crippen molar-refractivity contribution >= 4 is 23.4 Å². The highest BCUT2D eigenvalue weighted by Gasteiger charge is 2.12. The van der Waals surface area contributed by atoms with Crippen LogP contribution in [-0.4, -0.2) is 30.8 Å². The van der Waals surface area contributed by atoms with Gasteiger partial charge in [-0.05, 0) is 48.2 Å². The van der Waals surface area contributed by atoms with Crippen molar-refractivity contribution < 1.29 is 13.7 Å². The van der Waals surface area contributed by atoms with Crippen molar-refractivity contribution in [1.82, 2.24) is 24.9 Å². The molecular weight excluding hydrogens is 380 g/mol. The number of benzene rings is 1. The van der Waals surface area contributed by atoms with Gasteiger partial charge in [0.2, 0.25) is 17.6 Å². The molecule has 0 aliphatic rings. The van der Waals surface area contributed by atoms with Crippen LogP contribution in [0.3, 0.4) is 0 Å². The molecule has 0 unspecified atom stereocenters. The summed E-state index contributed by atoms with van der Waals surface area (Å²) in [6, 6.07) is 11.0. The zero-order valence-corrected chi connectivity index (χ0v) is 15.7. The minimum Gasteiger partial charge on any atom is -0.461 e. The van der Waals surface area contributed by atoms with Crippen molar-refractivity contribution in [2.45, 2.75) is 22.9 Å². The second-order valence-corrected chi connectivity index (χ2v) is 6.93. The zero-order chi connectivity index (χ0) is 19.3. The lowest BCUT2D eigenvalue weighted by atomic mass is 10.2. The fourth-order valence-electron chi connectivity index (χ4n) is 2.38. The molecule has 0 fully saturated rings. The largest absolute Gasteiger partial charge is 0.461 e. The molecule has 3 aromatic heterocycles. The molecule has 1 aromatic carbocycles. The molecular formula is C18H16N6O3S. The molecule has 4 aromatic rings. The molecule has 28 heavy (non-hydrogen) atoms. The Balaban J connectivity index is 1.28. The highest BCUT2D eigenvalue weighted by Crippen LogP contribution is 2.26. The van der Waals surface area contributed by atoms with E-state index >= 15 is 0 Å². The first kappa shape index (κ1) is 18.0. The smallest absolute Gasteiger partial charge is 0.238 e. The minimum atomic E-state index is -0.133. The monoisotopic (exact) mass is 396 g/mol. The Hall–Kier alpha value is -3.40. The van der Waals surface area contributed by atoms with Crippen LogP contribution < -0.4 is 5.32 Å². The van der Waals surface area contributed by atoms with Gasteiger partial charge in [-0.2, -0.15) is 4.98 Å². The number of aryl methyl sites for hydroxylation is 2. The standard InChI is InChI=1S/C18H16N6O3S/c1-24-11-19-22-18(24)28-13-6-4-12(5-7-13)20-15(25)8-9-16-21-17(23-27-16)14-3-2-10-26-14/h2-7,10-11H,8-9H2,1H3,(H,20,25). The molecule has 0 aliphatic heterocycles. The van der Waals surface area contributed by atoms with E-state index in [4.69, 9.17) is 8.94 Å². The Labute approximate surface area is 164 Å². The lowest BCUT2D eigenvalue weighted by Gasteiger charge is -2.05. The Morgan fingerprint density at radius 2 is 2.11 bits per heavy atom. The number of hydrogen-bond donors (Lipinski definition) is 1. The first-order valence-electron chi connectivity index (χ1n) is 8.45. The molecule has 9 nitrogen and oxygen atoms in total. The van der Waals surface area contributed by atoms with Gasteiger partial charge in [0.05, 0.1) is 6.26 Å².